The maximum absolute atomic E-state index is 13.1. The predicted molar refractivity (Wildman–Crippen MR) is 99.6 cm³/mol. The summed E-state index contributed by atoms with van der Waals surface area (Å²) in [5.41, 5.74) is 0.0457. The molecule has 11 heteroatoms. The van der Waals surface area contributed by atoms with Crippen LogP contribution in [0.1, 0.15) is 44.3 Å². The summed E-state index contributed by atoms with van der Waals surface area (Å²) in [5, 5.41) is 14.0. The van der Waals surface area contributed by atoms with Crippen molar-refractivity contribution >= 4 is 17.5 Å². The fraction of sp³-hybridized carbons (Fsp3) is 0.667. The first-order chi connectivity index (χ1) is 13.9. The van der Waals surface area contributed by atoms with E-state index in [1.807, 2.05) is 4.90 Å². The first-order valence-electron chi connectivity index (χ1n) is 10.0. The third-order valence-electron chi connectivity index (χ3n) is 5.54. The standard InChI is InChI=1S/C18H24F3N7O/c19-18(20,21)16-24-23-14-7-8-15(25-28(14)16)26-9-4-10-27(12-11-26)17(29)22-13-5-2-1-3-6-13/h7-8,13H,1-6,9-12H2,(H,22,29). The number of rotatable bonds is 2. The lowest BCUT2D eigenvalue weighted by Crippen LogP contribution is -2.46. The third kappa shape index (κ3) is 4.38. The SMILES string of the molecule is O=C(NC1CCCCC1)N1CCCN(c2ccc3nnc(C(F)(F)F)n3n2)CC1. The lowest BCUT2D eigenvalue weighted by Gasteiger charge is -2.27. The number of aromatic nitrogens is 4. The van der Waals surface area contributed by atoms with E-state index in [4.69, 9.17) is 0 Å². The first-order valence-corrected chi connectivity index (χ1v) is 10.0. The van der Waals surface area contributed by atoms with Gasteiger partial charge in [-0.3, -0.25) is 0 Å². The number of anilines is 1. The molecule has 1 aliphatic carbocycles. The quantitative estimate of drug-likeness (QED) is 0.822. The number of alkyl halides is 3. The van der Waals surface area contributed by atoms with E-state index in [0.29, 0.717) is 38.4 Å². The molecule has 1 saturated carbocycles. The fourth-order valence-electron chi connectivity index (χ4n) is 3.99. The Bertz CT molecular complexity index is 863. The second kappa shape index (κ2) is 8.03. The second-order valence-corrected chi connectivity index (χ2v) is 7.59. The highest BCUT2D eigenvalue weighted by Gasteiger charge is 2.38. The van der Waals surface area contributed by atoms with Crippen molar-refractivity contribution in [2.24, 2.45) is 0 Å². The van der Waals surface area contributed by atoms with Crippen molar-refractivity contribution < 1.29 is 18.0 Å². The first kappa shape index (κ1) is 19.7. The van der Waals surface area contributed by atoms with Crippen molar-refractivity contribution in [1.29, 1.82) is 0 Å². The molecular weight excluding hydrogens is 387 g/mol. The van der Waals surface area contributed by atoms with Crippen molar-refractivity contribution in [2.45, 2.75) is 50.7 Å². The number of nitrogens with zero attached hydrogens (tertiary/aromatic N) is 6. The topological polar surface area (TPSA) is 78.7 Å². The van der Waals surface area contributed by atoms with Gasteiger partial charge in [-0.05, 0) is 31.4 Å². The average Bonchev–Trinajstić information content (AvgIpc) is 2.97. The van der Waals surface area contributed by atoms with Crippen LogP contribution in [0.15, 0.2) is 12.1 Å². The maximum atomic E-state index is 13.1. The molecule has 4 rings (SSSR count). The van der Waals surface area contributed by atoms with E-state index in [2.05, 4.69) is 20.6 Å². The van der Waals surface area contributed by atoms with Gasteiger partial charge in [-0.2, -0.15) is 17.7 Å². The second-order valence-electron chi connectivity index (χ2n) is 7.59. The highest BCUT2D eigenvalue weighted by molar-refractivity contribution is 5.74. The van der Waals surface area contributed by atoms with E-state index < -0.39 is 12.0 Å². The summed E-state index contributed by atoms with van der Waals surface area (Å²) in [6.07, 6.45) is 1.66. The zero-order valence-electron chi connectivity index (χ0n) is 16.0. The van der Waals surface area contributed by atoms with Crippen molar-refractivity contribution in [2.75, 3.05) is 31.1 Å². The van der Waals surface area contributed by atoms with Gasteiger partial charge in [0.2, 0.25) is 0 Å². The number of carbonyl (C=O) groups excluding carboxylic acids is 1. The van der Waals surface area contributed by atoms with Gasteiger partial charge in [0.15, 0.2) is 5.65 Å². The molecule has 2 fully saturated rings. The van der Waals surface area contributed by atoms with E-state index in [9.17, 15) is 18.0 Å². The molecule has 2 aromatic heterocycles. The van der Waals surface area contributed by atoms with Crippen molar-refractivity contribution in [3.05, 3.63) is 18.0 Å². The summed E-state index contributed by atoms with van der Waals surface area (Å²) in [6.45, 7) is 2.21. The molecule has 8 nitrogen and oxygen atoms in total. The van der Waals surface area contributed by atoms with Crippen LogP contribution >= 0.6 is 0 Å². The molecule has 0 bridgehead atoms. The van der Waals surface area contributed by atoms with Gasteiger partial charge in [0, 0.05) is 32.2 Å². The molecule has 2 aliphatic rings. The van der Waals surface area contributed by atoms with Gasteiger partial charge >= 0.3 is 12.2 Å². The summed E-state index contributed by atoms with van der Waals surface area (Å²) in [5.74, 6) is -0.727. The Hall–Kier alpha value is -2.59. The van der Waals surface area contributed by atoms with E-state index in [0.717, 1.165) is 30.2 Å². The molecule has 0 aromatic carbocycles. The van der Waals surface area contributed by atoms with Crippen molar-refractivity contribution in [3.8, 4) is 0 Å². The molecule has 0 spiro atoms. The van der Waals surface area contributed by atoms with E-state index >= 15 is 0 Å². The number of nitrogens with one attached hydrogen (secondary N) is 1. The van der Waals surface area contributed by atoms with Gasteiger partial charge in [-0.1, -0.05) is 19.3 Å². The van der Waals surface area contributed by atoms with E-state index in [-0.39, 0.29) is 17.7 Å². The minimum Gasteiger partial charge on any atom is -0.353 e. The molecule has 1 N–H and O–H groups in total. The number of hydrogen-bond acceptors (Lipinski definition) is 5. The number of halogens is 3. The zero-order valence-corrected chi connectivity index (χ0v) is 16.0. The van der Waals surface area contributed by atoms with Crippen LogP contribution in [0, 0.1) is 0 Å². The van der Waals surface area contributed by atoms with Gasteiger partial charge in [-0.25, -0.2) is 4.79 Å². The highest BCUT2D eigenvalue weighted by atomic mass is 19.4. The number of amides is 2. The van der Waals surface area contributed by atoms with Crippen LogP contribution in [0.3, 0.4) is 0 Å². The van der Waals surface area contributed by atoms with E-state index in [1.54, 1.807) is 11.0 Å². The summed E-state index contributed by atoms with van der Waals surface area (Å²) in [4.78, 5) is 16.3. The van der Waals surface area contributed by atoms with Crippen LogP contribution in [0.4, 0.5) is 23.8 Å². The molecular formula is C18H24F3N7O. The molecule has 0 radical (unpaired) electrons. The zero-order chi connectivity index (χ0) is 20.4. The fourth-order valence-corrected chi connectivity index (χ4v) is 3.99. The molecule has 29 heavy (non-hydrogen) atoms. The Morgan fingerprint density at radius 1 is 1.00 bits per heavy atom. The number of fused-ring (bicyclic) bond motifs is 1. The Morgan fingerprint density at radius 2 is 1.79 bits per heavy atom. The van der Waals surface area contributed by atoms with Crippen LogP contribution < -0.4 is 10.2 Å². The summed E-state index contributed by atoms with van der Waals surface area (Å²) < 4.78 is 40.0. The third-order valence-corrected chi connectivity index (χ3v) is 5.54. The molecule has 2 amide bonds. The molecule has 0 atom stereocenters. The lowest BCUT2D eigenvalue weighted by molar-refractivity contribution is -0.146. The van der Waals surface area contributed by atoms with Crippen LogP contribution in [-0.2, 0) is 6.18 Å². The Morgan fingerprint density at radius 3 is 2.55 bits per heavy atom. The van der Waals surface area contributed by atoms with Crippen LogP contribution in [0.2, 0.25) is 0 Å². The Kier molecular flexibility index (Phi) is 5.46. The van der Waals surface area contributed by atoms with Crippen LogP contribution in [-0.4, -0.2) is 63.0 Å². The Labute approximate surface area is 166 Å². The van der Waals surface area contributed by atoms with Crippen LogP contribution in [0.25, 0.3) is 5.65 Å². The minimum atomic E-state index is -4.63. The Balaban J connectivity index is 1.43. The monoisotopic (exact) mass is 411 g/mol. The van der Waals surface area contributed by atoms with Gasteiger partial charge < -0.3 is 15.1 Å². The summed E-state index contributed by atoms with van der Waals surface area (Å²) in [6, 6.07) is 3.31. The number of urea groups is 1. The van der Waals surface area contributed by atoms with Crippen molar-refractivity contribution in [1.82, 2.24) is 30.0 Å². The summed E-state index contributed by atoms with van der Waals surface area (Å²) >= 11 is 0. The molecule has 1 saturated heterocycles. The largest absolute Gasteiger partial charge is 0.453 e. The molecule has 1 aliphatic heterocycles. The summed E-state index contributed by atoms with van der Waals surface area (Å²) in [7, 11) is 0. The van der Waals surface area contributed by atoms with Crippen LogP contribution in [0.5, 0.6) is 0 Å². The van der Waals surface area contributed by atoms with Gasteiger partial charge in [0.25, 0.3) is 5.82 Å². The number of carbonyl (C=O) groups is 1. The van der Waals surface area contributed by atoms with Crippen molar-refractivity contribution in [3.63, 3.8) is 0 Å². The maximum Gasteiger partial charge on any atom is 0.453 e. The molecule has 0 unspecified atom stereocenters. The smallest absolute Gasteiger partial charge is 0.353 e. The number of hydrogen-bond donors (Lipinski definition) is 1. The van der Waals surface area contributed by atoms with Gasteiger partial charge in [-0.15, -0.1) is 15.3 Å². The normalized spacial score (nSPS) is 19.4. The lowest BCUT2D eigenvalue weighted by atomic mass is 9.96. The predicted octanol–water partition coefficient (Wildman–Crippen LogP) is 2.70. The minimum absolute atomic E-state index is 0.0457. The van der Waals surface area contributed by atoms with Gasteiger partial charge in [0.1, 0.15) is 5.82 Å². The highest BCUT2D eigenvalue weighted by Crippen LogP contribution is 2.28. The average molecular weight is 411 g/mol. The van der Waals surface area contributed by atoms with E-state index in [1.165, 1.54) is 12.5 Å². The van der Waals surface area contributed by atoms with Gasteiger partial charge in [0.05, 0.1) is 0 Å². The molecule has 158 valence electrons. The molecule has 3 heterocycles. The molecule has 2 aromatic rings.